The molecule has 1 aliphatic rings. The summed E-state index contributed by atoms with van der Waals surface area (Å²) < 4.78 is 0. The highest BCUT2D eigenvalue weighted by Gasteiger charge is 2.30. The zero-order valence-electron chi connectivity index (χ0n) is 7.73. The van der Waals surface area contributed by atoms with Gasteiger partial charge in [0.25, 0.3) is 0 Å². The SMILES string of the molecule is CN(CC#N)C(=O)C1CCC(O)C1. The average Bonchev–Trinajstić information content (AvgIpc) is 2.51. The maximum atomic E-state index is 11.5. The first-order valence-corrected chi connectivity index (χ1v) is 4.45. The van der Waals surface area contributed by atoms with Crippen molar-refractivity contribution < 1.29 is 9.90 Å². The molecule has 0 aliphatic heterocycles. The van der Waals surface area contributed by atoms with Gasteiger partial charge >= 0.3 is 0 Å². The van der Waals surface area contributed by atoms with E-state index in [0.717, 1.165) is 6.42 Å². The first-order chi connectivity index (χ1) is 6.15. The number of nitrogens with zero attached hydrogens (tertiary/aromatic N) is 2. The monoisotopic (exact) mass is 182 g/mol. The number of hydrogen-bond donors (Lipinski definition) is 1. The van der Waals surface area contributed by atoms with Crippen molar-refractivity contribution in [3.05, 3.63) is 0 Å². The number of amides is 1. The molecule has 0 bridgehead atoms. The van der Waals surface area contributed by atoms with Gasteiger partial charge < -0.3 is 10.0 Å². The van der Waals surface area contributed by atoms with Crippen LogP contribution in [0.4, 0.5) is 0 Å². The third-order valence-corrected chi connectivity index (χ3v) is 2.44. The second-order valence-electron chi connectivity index (χ2n) is 3.52. The lowest BCUT2D eigenvalue weighted by molar-refractivity contribution is -0.133. The maximum absolute atomic E-state index is 11.5. The molecule has 0 spiro atoms. The van der Waals surface area contributed by atoms with Crippen molar-refractivity contribution in [3.8, 4) is 6.07 Å². The molecule has 1 rings (SSSR count). The summed E-state index contributed by atoms with van der Waals surface area (Å²) in [6.07, 6.45) is 1.67. The van der Waals surface area contributed by atoms with Crippen LogP contribution in [0, 0.1) is 17.2 Å². The molecule has 2 atom stereocenters. The van der Waals surface area contributed by atoms with Crippen molar-refractivity contribution in [2.45, 2.75) is 25.4 Å². The number of carbonyl (C=O) groups excluding carboxylic acids is 1. The van der Waals surface area contributed by atoms with Gasteiger partial charge in [-0.15, -0.1) is 0 Å². The maximum Gasteiger partial charge on any atom is 0.226 e. The molecule has 4 nitrogen and oxygen atoms in total. The Morgan fingerprint density at radius 1 is 1.69 bits per heavy atom. The molecule has 1 aliphatic carbocycles. The minimum atomic E-state index is -0.329. The first-order valence-electron chi connectivity index (χ1n) is 4.45. The van der Waals surface area contributed by atoms with Crippen LogP contribution >= 0.6 is 0 Å². The lowest BCUT2D eigenvalue weighted by Gasteiger charge is -2.17. The van der Waals surface area contributed by atoms with Crippen LogP contribution in [0.15, 0.2) is 0 Å². The van der Waals surface area contributed by atoms with Gasteiger partial charge in [0.1, 0.15) is 6.54 Å². The zero-order chi connectivity index (χ0) is 9.84. The fourth-order valence-corrected chi connectivity index (χ4v) is 1.68. The zero-order valence-corrected chi connectivity index (χ0v) is 7.73. The number of rotatable bonds is 2. The van der Waals surface area contributed by atoms with Crippen molar-refractivity contribution in [2.75, 3.05) is 13.6 Å². The second kappa shape index (κ2) is 4.24. The van der Waals surface area contributed by atoms with Crippen molar-refractivity contribution in [2.24, 2.45) is 5.92 Å². The molecular formula is C9H14N2O2. The minimum absolute atomic E-state index is 0.0156. The smallest absolute Gasteiger partial charge is 0.226 e. The molecule has 0 radical (unpaired) electrons. The van der Waals surface area contributed by atoms with E-state index < -0.39 is 0 Å². The topological polar surface area (TPSA) is 64.3 Å². The molecule has 13 heavy (non-hydrogen) atoms. The molecule has 0 aromatic carbocycles. The van der Waals surface area contributed by atoms with Crippen LogP contribution in [0.2, 0.25) is 0 Å². The molecule has 2 unspecified atom stereocenters. The van der Waals surface area contributed by atoms with Gasteiger partial charge in [-0.3, -0.25) is 4.79 Å². The summed E-state index contributed by atoms with van der Waals surface area (Å²) in [6, 6.07) is 1.93. The van der Waals surface area contributed by atoms with Crippen molar-refractivity contribution in [3.63, 3.8) is 0 Å². The van der Waals surface area contributed by atoms with Crippen LogP contribution in [-0.4, -0.2) is 35.6 Å². The van der Waals surface area contributed by atoms with Gasteiger partial charge in [-0.1, -0.05) is 0 Å². The van der Waals surface area contributed by atoms with Crippen LogP contribution in [-0.2, 0) is 4.79 Å². The Labute approximate surface area is 77.8 Å². The van der Waals surface area contributed by atoms with E-state index in [1.807, 2.05) is 6.07 Å². The molecule has 1 N–H and O–H groups in total. The molecule has 1 amide bonds. The summed E-state index contributed by atoms with van der Waals surface area (Å²) in [5, 5.41) is 17.6. The van der Waals surface area contributed by atoms with Gasteiger partial charge in [0.05, 0.1) is 12.2 Å². The highest BCUT2D eigenvalue weighted by Crippen LogP contribution is 2.26. The molecule has 1 fully saturated rings. The molecule has 0 aromatic rings. The highest BCUT2D eigenvalue weighted by atomic mass is 16.3. The van der Waals surface area contributed by atoms with Crippen molar-refractivity contribution >= 4 is 5.91 Å². The summed E-state index contributed by atoms with van der Waals surface area (Å²) in [5.41, 5.74) is 0. The Hall–Kier alpha value is -1.08. The lowest BCUT2D eigenvalue weighted by Crippen LogP contribution is -2.32. The van der Waals surface area contributed by atoms with E-state index in [1.165, 1.54) is 4.90 Å². The van der Waals surface area contributed by atoms with E-state index in [9.17, 15) is 9.90 Å². The van der Waals surface area contributed by atoms with Crippen LogP contribution in [0.3, 0.4) is 0 Å². The van der Waals surface area contributed by atoms with E-state index in [1.54, 1.807) is 7.05 Å². The van der Waals surface area contributed by atoms with Gasteiger partial charge in [-0.05, 0) is 19.3 Å². The van der Waals surface area contributed by atoms with E-state index in [-0.39, 0.29) is 24.5 Å². The third kappa shape index (κ3) is 2.43. The van der Waals surface area contributed by atoms with E-state index in [4.69, 9.17) is 5.26 Å². The quantitative estimate of drug-likeness (QED) is 0.617. The predicted octanol–water partition coefficient (Wildman–Crippen LogP) is 0.129. The van der Waals surface area contributed by atoms with Crippen LogP contribution < -0.4 is 0 Å². The number of aliphatic hydroxyl groups is 1. The highest BCUT2D eigenvalue weighted by molar-refractivity contribution is 5.79. The van der Waals surface area contributed by atoms with Gasteiger partial charge in [-0.25, -0.2) is 0 Å². The van der Waals surface area contributed by atoms with E-state index in [2.05, 4.69) is 0 Å². The van der Waals surface area contributed by atoms with Gasteiger partial charge in [0, 0.05) is 13.0 Å². The minimum Gasteiger partial charge on any atom is -0.393 e. The van der Waals surface area contributed by atoms with E-state index in [0.29, 0.717) is 12.8 Å². The van der Waals surface area contributed by atoms with Crippen LogP contribution in [0.5, 0.6) is 0 Å². The second-order valence-corrected chi connectivity index (χ2v) is 3.52. The molecule has 1 saturated carbocycles. The number of carbonyl (C=O) groups is 1. The summed E-state index contributed by atoms with van der Waals surface area (Å²) in [6.45, 7) is 0.130. The van der Waals surface area contributed by atoms with Crippen LogP contribution in [0.1, 0.15) is 19.3 Å². The fourth-order valence-electron chi connectivity index (χ4n) is 1.68. The molecule has 72 valence electrons. The molecule has 4 heteroatoms. The summed E-state index contributed by atoms with van der Waals surface area (Å²) in [5.74, 6) is -0.0913. The molecular weight excluding hydrogens is 168 g/mol. The Bertz CT molecular complexity index is 234. The van der Waals surface area contributed by atoms with Gasteiger partial charge in [-0.2, -0.15) is 5.26 Å². The number of aliphatic hydroxyl groups excluding tert-OH is 1. The normalized spacial score (nSPS) is 26.8. The van der Waals surface area contributed by atoms with E-state index >= 15 is 0 Å². The standard InChI is InChI=1S/C9H14N2O2/c1-11(5-4-10)9(13)7-2-3-8(12)6-7/h7-8,12H,2-3,5-6H2,1H3. The van der Waals surface area contributed by atoms with Crippen molar-refractivity contribution in [1.82, 2.24) is 4.90 Å². The fraction of sp³-hybridized carbons (Fsp3) is 0.778. The summed E-state index contributed by atoms with van der Waals surface area (Å²) in [4.78, 5) is 13.0. The summed E-state index contributed by atoms with van der Waals surface area (Å²) in [7, 11) is 1.62. The largest absolute Gasteiger partial charge is 0.393 e. The molecule has 0 aromatic heterocycles. The van der Waals surface area contributed by atoms with Gasteiger partial charge in [0.15, 0.2) is 0 Å². The Morgan fingerprint density at radius 3 is 2.85 bits per heavy atom. The first kappa shape index (κ1) is 10.0. The van der Waals surface area contributed by atoms with Crippen molar-refractivity contribution in [1.29, 1.82) is 5.26 Å². The lowest BCUT2D eigenvalue weighted by atomic mass is 10.1. The van der Waals surface area contributed by atoms with Crippen LogP contribution in [0.25, 0.3) is 0 Å². The Morgan fingerprint density at radius 2 is 2.38 bits per heavy atom. The molecule has 0 heterocycles. The Kier molecular flexibility index (Phi) is 3.26. The molecule has 0 saturated heterocycles. The average molecular weight is 182 g/mol. The predicted molar refractivity (Wildman–Crippen MR) is 46.6 cm³/mol. The third-order valence-electron chi connectivity index (χ3n) is 2.44. The summed E-state index contributed by atoms with van der Waals surface area (Å²) >= 11 is 0. The number of hydrogen-bond acceptors (Lipinski definition) is 3. The number of nitriles is 1. The Balaban J connectivity index is 2.44. The van der Waals surface area contributed by atoms with Gasteiger partial charge in [0.2, 0.25) is 5.91 Å².